The number of carboxylic acid groups (broad SMARTS) is 1. The lowest BCUT2D eigenvalue weighted by molar-refractivity contribution is -0.142. The number of aromatic nitrogens is 2. The first kappa shape index (κ1) is 24.6. The third-order valence-electron chi connectivity index (χ3n) is 9.42. The number of carbonyl (C=O) groups is 1. The third kappa shape index (κ3) is 4.80. The maximum atomic E-state index is 13.9. The Kier molecular flexibility index (Phi) is 6.78. The number of rotatable bonds is 6. The summed E-state index contributed by atoms with van der Waals surface area (Å²) in [6.45, 7) is 1.10. The van der Waals surface area contributed by atoms with E-state index in [9.17, 15) is 9.59 Å². The predicted molar refractivity (Wildman–Crippen MR) is 142 cm³/mol. The number of piperidine rings is 2. The minimum absolute atomic E-state index is 0.113. The van der Waals surface area contributed by atoms with Gasteiger partial charge in [0.1, 0.15) is 5.71 Å². The number of hydrogen-bond acceptors (Lipinski definition) is 6. The van der Waals surface area contributed by atoms with Gasteiger partial charge in [-0.3, -0.25) is 9.69 Å². The summed E-state index contributed by atoms with van der Waals surface area (Å²) in [5.74, 6) is 0.715. The number of hydrogen-bond donors (Lipinski definition) is 1. The largest absolute Gasteiger partial charge is 0.479 e. The molecule has 2 aliphatic heterocycles. The number of aliphatic carboxylic acids is 1. The Morgan fingerprint density at radius 2 is 1.65 bits per heavy atom. The molecule has 1 aromatic heterocycles. The van der Waals surface area contributed by atoms with Crippen molar-refractivity contribution < 1.29 is 14.7 Å². The molecule has 0 spiro atoms. The highest BCUT2D eigenvalue weighted by Crippen LogP contribution is 2.47. The highest BCUT2D eigenvalue weighted by molar-refractivity contribution is 5.97. The van der Waals surface area contributed by atoms with Crippen LogP contribution in [0.5, 0.6) is 0 Å². The Balaban J connectivity index is 1.32. The van der Waals surface area contributed by atoms with Gasteiger partial charge in [0.05, 0.1) is 11.0 Å². The summed E-state index contributed by atoms with van der Waals surface area (Å²) in [6.07, 6.45) is 14.1. The van der Waals surface area contributed by atoms with Gasteiger partial charge in [-0.25, -0.2) is 9.78 Å². The first-order valence-corrected chi connectivity index (χ1v) is 14.2. The van der Waals surface area contributed by atoms with E-state index in [2.05, 4.69) is 15.0 Å². The van der Waals surface area contributed by atoms with Crippen LogP contribution in [0.1, 0.15) is 89.3 Å². The van der Waals surface area contributed by atoms with Gasteiger partial charge >= 0.3 is 5.97 Å². The summed E-state index contributed by atoms with van der Waals surface area (Å²) in [7, 11) is 0. The summed E-state index contributed by atoms with van der Waals surface area (Å²) < 4.78 is 1.96. The van der Waals surface area contributed by atoms with Crippen molar-refractivity contribution in [1.82, 2.24) is 14.5 Å². The van der Waals surface area contributed by atoms with E-state index in [-0.39, 0.29) is 17.3 Å². The lowest BCUT2D eigenvalue weighted by atomic mass is 9.68. The normalized spacial score (nSPS) is 32.3. The van der Waals surface area contributed by atoms with Crippen LogP contribution in [0, 0.1) is 11.8 Å². The van der Waals surface area contributed by atoms with E-state index in [1.165, 1.54) is 57.8 Å². The van der Waals surface area contributed by atoms with Gasteiger partial charge in [-0.2, -0.15) is 0 Å². The molecule has 3 heterocycles. The molecule has 2 aliphatic carbocycles. The summed E-state index contributed by atoms with van der Waals surface area (Å²) in [5, 5.41) is 12.8. The van der Waals surface area contributed by atoms with Crippen molar-refractivity contribution in [2.24, 2.45) is 17.0 Å². The Bertz CT molecular complexity index is 1230. The summed E-state index contributed by atoms with van der Waals surface area (Å²) in [4.78, 5) is 37.2. The fourth-order valence-electron chi connectivity index (χ4n) is 8.12. The second-order valence-electron chi connectivity index (χ2n) is 11.8. The molecule has 6 rings (SSSR count). The van der Waals surface area contributed by atoms with E-state index in [0.29, 0.717) is 23.8 Å². The van der Waals surface area contributed by atoms with Crippen LogP contribution in [-0.2, 0) is 9.63 Å². The average Bonchev–Trinajstić information content (AvgIpc) is 2.87. The Hall–Kier alpha value is -2.74. The van der Waals surface area contributed by atoms with Crippen molar-refractivity contribution >= 4 is 22.7 Å². The summed E-state index contributed by atoms with van der Waals surface area (Å²) in [6, 6.07) is 9.69. The molecule has 2 aromatic rings. The molecule has 8 nitrogen and oxygen atoms in total. The molecule has 37 heavy (non-hydrogen) atoms. The molecule has 1 N–H and O–H groups in total. The lowest BCUT2D eigenvalue weighted by Gasteiger charge is -2.55. The first-order chi connectivity index (χ1) is 18.0. The van der Waals surface area contributed by atoms with Gasteiger partial charge in [-0.1, -0.05) is 43.0 Å². The summed E-state index contributed by atoms with van der Waals surface area (Å²) in [5.41, 5.74) is 1.98. The minimum Gasteiger partial charge on any atom is -0.479 e. The zero-order valence-electron chi connectivity index (χ0n) is 21.7. The highest BCUT2D eigenvalue weighted by atomic mass is 16.6. The monoisotopic (exact) mass is 506 g/mol. The van der Waals surface area contributed by atoms with Gasteiger partial charge < -0.3 is 14.5 Å². The van der Waals surface area contributed by atoms with E-state index in [1.807, 2.05) is 28.8 Å². The average molecular weight is 507 g/mol. The fourth-order valence-corrected chi connectivity index (χ4v) is 8.12. The number of carboxylic acids is 1. The number of benzene rings is 1. The number of fused-ring (bicyclic) bond motifs is 5. The fraction of sp³-hybridized carbons (Fsp3) is 0.655. The van der Waals surface area contributed by atoms with Crippen LogP contribution in [0.25, 0.3) is 11.0 Å². The van der Waals surface area contributed by atoms with Gasteiger partial charge in [0.2, 0.25) is 6.61 Å². The molecule has 2 saturated heterocycles. The predicted octanol–water partition coefficient (Wildman–Crippen LogP) is 4.75. The van der Waals surface area contributed by atoms with Crippen LogP contribution in [-0.4, -0.2) is 56.0 Å². The van der Waals surface area contributed by atoms with Crippen LogP contribution in [0.2, 0.25) is 0 Å². The van der Waals surface area contributed by atoms with Crippen LogP contribution < -0.4 is 5.56 Å². The van der Waals surface area contributed by atoms with E-state index < -0.39 is 12.6 Å². The van der Waals surface area contributed by atoms with Crippen molar-refractivity contribution in [2.45, 2.75) is 102 Å². The maximum absolute atomic E-state index is 13.9. The molecule has 8 heteroatoms. The van der Waals surface area contributed by atoms with Gasteiger partial charge in [0.25, 0.3) is 5.56 Å². The van der Waals surface area contributed by atoms with Gasteiger partial charge in [-0.15, -0.1) is 0 Å². The molecular formula is C29H38N4O4. The van der Waals surface area contributed by atoms with Crippen molar-refractivity contribution in [2.75, 3.05) is 6.61 Å². The SMILES string of the molecule is CC(=NOCC(=O)O)c1nc2ccccc2n(C2CC3CCCC(C2)N3C2CC3CCCC(C3)C2)c1=O. The molecule has 4 fully saturated rings. The van der Waals surface area contributed by atoms with E-state index >= 15 is 0 Å². The van der Waals surface area contributed by atoms with Crippen LogP contribution in [0.3, 0.4) is 0 Å². The molecule has 2 saturated carbocycles. The minimum atomic E-state index is -1.11. The zero-order chi connectivity index (χ0) is 25.5. The van der Waals surface area contributed by atoms with E-state index in [0.717, 1.165) is 35.7 Å². The van der Waals surface area contributed by atoms with E-state index in [4.69, 9.17) is 9.94 Å². The molecule has 4 atom stereocenters. The molecule has 0 amide bonds. The number of para-hydroxylation sites is 2. The molecule has 0 radical (unpaired) electrons. The second kappa shape index (κ2) is 10.2. The molecule has 4 unspecified atom stereocenters. The molecular weight excluding hydrogens is 468 g/mol. The van der Waals surface area contributed by atoms with Gasteiger partial charge in [-0.05, 0) is 75.8 Å². The third-order valence-corrected chi connectivity index (χ3v) is 9.42. The van der Waals surface area contributed by atoms with Crippen molar-refractivity contribution in [3.8, 4) is 0 Å². The van der Waals surface area contributed by atoms with Crippen LogP contribution in [0.4, 0.5) is 0 Å². The molecule has 198 valence electrons. The van der Waals surface area contributed by atoms with Crippen molar-refractivity contribution in [3.63, 3.8) is 0 Å². The zero-order valence-corrected chi connectivity index (χ0v) is 21.7. The van der Waals surface area contributed by atoms with Gasteiger partial charge in [0.15, 0.2) is 5.69 Å². The number of oxime groups is 1. The quantitative estimate of drug-likeness (QED) is 0.449. The van der Waals surface area contributed by atoms with Crippen molar-refractivity contribution in [1.29, 1.82) is 0 Å². The van der Waals surface area contributed by atoms with Crippen molar-refractivity contribution in [3.05, 3.63) is 40.3 Å². The smallest absolute Gasteiger partial charge is 0.344 e. The lowest BCUT2D eigenvalue weighted by Crippen LogP contribution is -2.58. The van der Waals surface area contributed by atoms with Gasteiger partial charge in [0, 0.05) is 24.2 Å². The van der Waals surface area contributed by atoms with Crippen LogP contribution in [0.15, 0.2) is 34.2 Å². The molecule has 4 bridgehead atoms. The molecule has 1 aromatic carbocycles. The van der Waals surface area contributed by atoms with E-state index in [1.54, 1.807) is 6.92 Å². The highest BCUT2D eigenvalue weighted by Gasteiger charge is 2.45. The Labute approximate surface area is 217 Å². The topological polar surface area (TPSA) is 97.0 Å². The molecule has 4 aliphatic rings. The first-order valence-electron chi connectivity index (χ1n) is 14.2. The Morgan fingerprint density at radius 1 is 0.973 bits per heavy atom. The second-order valence-corrected chi connectivity index (χ2v) is 11.8. The summed E-state index contributed by atoms with van der Waals surface area (Å²) >= 11 is 0. The number of nitrogens with zero attached hydrogens (tertiary/aromatic N) is 4. The Morgan fingerprint density at radius 3 is 2.35 bits per heavy atom. The maximum Gasteiger partial charge on any atom is 0.344 e. The van der Waals surface area contributed by atoms with Crippen LogP contribution >= 0.6 is 0 Å². The standard InChI is InChI=1S/C29H38N4O4/c1-18(31-37-17-27(34)35)28-29(36)33(26-11-3-2-10-25(26)30-28)24-15-21-8-5-9-22(16-24)32(21)23-13-19-6-4-7-20(12-19)14-23/h2-3,10-11,19-24H,4-9,12-17H2,1H3,(H,34,35).